The molecule has 0 aliphatic rings. The zero-order valence-electron chi connectivity index (χ0n) is 20.9. The largest absolute Gasteiger partial charge is 0.478 e. The third-order valence-corrected chi connectivity index (χ3v) is 6.14. The zero-order chi connectivity index (χ0) is 27.1. The van der Waals surface area contributed by atoms with Crippen molar-refractivity contribution >= 4 is 23.3 Å². The molecule has 0 radical (unpaired) electrons. The second-order valence-electron chi connectivity index (χ2n) is 9.05. The molecule has 0 spiro atoms. The summed E-state index contributed by atoms with van der Waals surface area (Å²) in [4.78, 5) is 26.4. The van der Waals surface area contributed by atoms with Crippen LogP contribution >= 0.6 is 0 Å². The number of hydrogen-bond donors (Lipinski definition) is 2. The summed E-state index contributed by atoms with van der Waals surface area (Å²) in [5.41, 5.74) is 4.59. The van der Waals surface area contributed by atoms with E-state index in [1.54, 1.807) is 36.4 Å². The van der Waals surface area contributed by atoms with Crippen LogP contribution in [-0.4, -0.2) is 30.0 Å². The van der Waals surface area contributed by atoms with Crippen molar-refractivity contribution in [2.24, 2.45) is 0 Å². The highest BCUT2D eigenvalue weighted by Gasteiger charge is 2.20. The number of rotatable bonds is 10. The molecular weight excluding hydrogens is 486 g/mol. The Bertz CT molecular complexity index is 1410. The minimum absolute atomic E-state index is 0.100. The van der Waals surface area contributed by atoms with Crippen molar-refractivity contribution in [3.05, 3.63) is 119 Å². The van der Waals surface area contributed by atoms with Crippen molar-refractivity contribution < 1.29 is 23.5 Å². The number of anilines is 2. The van der Waals surface area contributed by atoms with E-state index in [9.17, 15) is 23.5 Å². The summed E-state index contributed by atoms with van der Waals surface area (Å²) in [7, 11) is 0. The number of carboxylic acids is 1. The number of halogens is 2. The Morgan fingerprint density at radius 1 is 0.868 bits per heavy atom. The molecule has 0 bridgehead atoms. The normalized spacial score (nSPS) is 10.8. The lowest BCUT2D eigenvalue weighted by molar-refractivity contribution is -0.115. The molecule has 38 heavy (non-hydrogen) atoms. The Kier molecular flexibility index (Phi) is 8.48. The molecule has 0 unspecified atom stereocenters. The number of amides is 1. The lowest BCUT2D eigenvalue weighted by atomic mass is 9.98. The van der Waals surface area contributed by atoms with Gasteiger partial charge in [-0.1, -0.05) is 84.4 Å². The lowest BCUT2D eigenvalue weighted by Gasteiger charge is -2.28. The number of nitrogens with zero attached hydrogens (tertiary/aromatic N) is 1. The zero-order valence-corrected chi connectivity index (χ0v) is 20.9. The first-order valence-electron chi connectivity index (χ1n) is 12.2. The van der Waals surface area contributed by atoms with E-state index in [2.05, 4.69) is 5.32 Å². The smallest absolute Gasteiger partial charge is 0.336 e. The van der Waals surface area contributed by atoms with Gasteiger partial charge >= 0.3 is 5.97 Å². The van der Waals surface area contributed by atoms with E-state index in [1.807, 2.05) is 61.5 Å². The van der Waals surface area contributed by atoms with Crippen molar-refractivity contribution in [3.8, 4) is 11.1 Å². The predicted octanol–water partition coefficient (Wildman–Crippen LogP) is 6.81. The SMILES string of the molecule is Cc1ccc(CC(=O)Nc2cc(-c3ccccc3C(=O)O)ccc2N(Cc2ccccc2)CC(F)F)cc1. The number of nitrogens with one attached hydrogen (secondary N) is 1. The standard InChI is InChI=1S/C31H28F2N2O3/c1-21-11-13-22(14-12-21)17-30(36)34-27-18-24(25-9-5-6-10-26(25)31(37)38)15-16-28(27)35(20-29(32)33)19-23-7-3-2-4-8-23/h2-16,18,29H,17,19-20H2,1H3,(H,34,36)(H,37,38). The summed E-state index contributed by atoms with van der Waals surface area (Å²) >= 11 is 0. The molecule has 0 saturated heterocycles. The molecule has 5 nitrogen and oxygen atoms in total. The topological polar surface area (TPSA) is 69.6 Å². The van der Waals surface area contributed by atoms with Gasteiger partial charge in [-0.2, -0.15) is 0 Å². The Morgan fingerprint density at radius 2 is 1.55 bits per heavy atom. The average Bonchev–Trinajstić information content (AvgIpc) is 2.90. The summed E-state index contributed by atoms with van der Waals surface area (Å²) in [6.07, 6.45) is -2.51. The number of carbonyl (C=O) groups is 2. The van der Waals surface area contributed by atoms with Crippen LogP contribution in [0, 0.1) is 6.92 Å². The second-order valence-corrected chi connectivity index (χ2v) is 9.05. The van der Waals surface area contributed by atoms with Crippen molar-refractivity contribution in [1.82, 2.24) is 0 Å². The van der Waals surface area contributed by atoms with Crippen LogP contribution < -0.4 is 10.2 Å². The molecule has 2 N–H and O–H groups in total. The minimum atomic E-state index is -2.61. The molecule has 4 rings (SSSR count). The average molecular weight is 515 g/mol. The quantitative estimate of drug-likeness (QED) is 0.244. The van der Waals surface area contributed by atoms with Crippen LogP contribution in [0.2, 0.25) is 0 Å². The van der Waals surface area contributed by atoms with Crippen molar-refractivity contribution in [1.29, 1.82) is 0 Å². The monoisotopic (exact) mass is 514 g/mol. The van der Waals surface area contributed by atoms with Crippen LogP contribution in [0.4, 0.5) is 20.2 Å². The van der Waals surface area contributed by atoms with Crippen LogP contribution in [0.15, 0.2) is 97.1 Å². The second kappa shape index (κ2) is 12.1. The summed E-state index contributed by atoms with van der Waals surface area (Å²) < 4.78 is 27.4. The van der Waals surface area contributed by atoms with Crippen LogP contribution in [0.5, 0.6) is 0 Å². The van der Waals surface area contributed by atoms with E-state index in [0.717, 1.165) is 16.7 Å². The molecule has 0 fully saturated rings. The Labute approximate surface area is 220 Å². The molecule has 0 aromatic heterocycles. The number of carbonyl (C=O) groups excluding carboxylic acids is 1. The highest BCUT2D eigenvalue weighted by Crippen LogP contribution is 2.34. The minimum Gasteiger partial charge on any atom is -0.478 e. The van der Waals surface area contributed by atoms with E-state index in [1.165, 1.54) is 11.0 Å². The van der Waals surface area contributed by atoms with Crippen molar-refractivity contribution in [2.75, 3.05) is 16.8 Å². The third-order valence-electron chi connectivity index (χ3n) is 6.14. The molecule has 194 valence electrons. The molecule has 0 aliphatic carbocycles. The van der Waals surface area contributed by atoms with Gasteiger partial charge in [-0.25, -0.2) is 13.6 Å². The number of benzene rings is 4. The number of hydrogen-bond acceptors (Lipinski definition) is 3. The van der Waals surface area contributed by atoms with E-state index in [-0.39, 0.29) is 24.4 Å². The first-order chi connectivity index (χ1) is 18.3. The number of aryl methyl sites for hydroxylation is 1. The van der Waals surface area contributed by atoms with E-state index >= 15 is 0 Å². The van der Waals surface area contributed by atoms with Gasteiger partial charge in [0.1, 0.15) is 0 Å². The van der Waals surface area contributed by atoms with Gasteiger partial charge in [0.25, 0.3) is 6.43 Å². The molecular formula is C31H28F2N2O3. The highest BCUT2D eigenvalue weighted by molar-refractivity contribution is 5.99. The Hall–Kier alpha value is -4.52. The van der Waals surface area contributed by atoms with Gasteiger partial charge in [0.2, 0.25) is 5.91 Å². The van der Waals surface area contributed by atoms with Gasteiger partial charge in [0.05, 0.1) is 29.9 Å². The van der Waals surface area contributed by atoms with Crippen LogP contribution in [-0.2, 0) is 17.8 Å². The fourth-order valence-corrected chi connectivity index (χ4v) is 4.30. The molecule has 1 amide bonds. The molecule has 0 atom stereocenters. The van der Waals surface area contributed by atoms with Gasteiger partial charge in [-0.05, 0) is 47.4 Å². The maximum absolute atomic E-state index is 13.7. The van der Waals surface area contributed by atoms with E-state index in [4.69, 9.17) is 0 Å². The highest BCUT2D eigenvalue weighted by atomic mass is 19.3. The van der Waals surface area contributed by atoms with Gasteiger partial charge < -0.3 is 15.3 Å². The number of aromatic carboxylic acids is 1. The van der Waals surface area contributed by atoms with Gasteiger partial charge in [0, 0.05) is 6.54 Å². The third kappa shape index (κ3) is 6.82. The fraction of sp³-hybridized carbons (Fsp3) is 0.161. The maximum Gasteiger partial charge on any atom is 0.336 e. The molecule has 4 aromatic carbocycles. The molecule has 0 heterocycles. The van der Waals surface area contributed by atoms with Crippen molar-refractivity contribution in [3.63, 3.8) is 0 Å². The van der Waals surface area contributed by atoms with Crippen LogP contribution in [0.25, 0.3) is 11.1 Å². The molecule has 4 aromatic rings. The lowest BCUT2D eigenvalue weighted by Crippen LogP contribution is -2.29. The first kappa shape index (κ1) is 26.5. The van der Waals surface area contributed by atoms with Crippen molar-refractivity contribution in [2.45, 2.75) is 26.3 Å². The van der Waals surface area contributed by atoms with Gasteiger partial charge in [0.15, 0.2) is 0 Å². The summed E-state index contributed by atoms with van der Waals surface area (Å²) in [5.74, 6) is -1.39. The first-order valence-corrected chi connectivity index (χ1v) is 12.2. The Balaban J connectivity index is 1.75. The van der Waals surface area contributed by atoms with E-state index < -0.39 is 18.9 Å². The summed E-state index contributed by atoms with van der Waals surface area (Å²) in [6, 6.07) is 28.3. The van der Waals surface area contributed by atoms with Gasteiger partial charge in [-0.3, -0.25) is 4.79 Å². The summed E-state index contributed by atoms with van der Waals surface area (Å²) in [6.45, 7) is 1.62. The van der Waals surface area contributed by atoms with Crippen LogP contribution in [0.1, 0.15) is 27.0 Å². The molecule has 0 saturated carbocycles. The number of carboxylic acid groups (broad SMARTS) is 1. The molecule has 7 heteroatoms. The fourth-order valence-electron chi connectivity index (χ4n) is 4.30. The summed E-state index contributed by atoms with van der Waals surface area (Å²) in [5, 5.41) is 12.6. The Morgan fingerprint density at radius 3 is 2.24 bits per heavy atom. The number of alkyl halides is 2. The van der Waals surface area contributed by atoms with Crippen LogP contribution in [0.3, 0.4) is 0 Å². The predicted molar refractivity (Wildman–Crippen MR) is 146 cm³/mol. The maximum atomic E-state index is 13.7. The van der Waals surface area contributed by atoms with Gasteiger partial charge in [-0.15, -0.1) is 0 Å². The van der Waals surface area contributed by atoms with E-state index in [0.29, 0.717) is 22.5 Å². The molecule has 0 aliphatic heterocycles.